The Bertz CT molecular complexity index is 548. The molecule has 0 radical (unpaired) electrons. The van der Waals surface area contributed by atoms with Crippen molar-refractivity contribution in [3.63, 3.8) is 0 Å². The summed E-state index contributed by atoms with van der Waals surface area (Å²) in [5.74, 6) is -0.807. The number of nitrogens with zero attached hydrogens (tertiary/aromatic N) is 2. The minimum absolute atomic E-state index is 0.100. The molecule has 8 heteroatoms. The van der Waals surface area contributed by atoms with Gasteiger partial charge in [0.2, 0.25) is 0 Å². The second-order valence-corrected chi connectivity index (χ2v) is 3.84. The summed E-state index contributed by atoms with van der Waals surface area (Å²) < 4.78 is 10.6. The maximum atomic E-state index is 11.7. The second-order valence-electron chi connectivity index (χ2n) is 3.84. The highest BCUT2D eigenvalue weighted by Gasteiger charge is 2.22. The summed E-state index contributed by atoms with van der Waals surface area (Å²) in [6.45, 7) is 1.77. The van der Waals surface area contributed by atoms with Crippen LogP contribution < -0.4 is 5.73 Å². The third kappa shape index (κ3) is 3.15. The van der Waals surface area contributed by atoms with Crippen LogP contribution >= 0.6 is 0 Å². The number of anilines is 1. The highest BCUT2D eigenvalue weighted by molar-refractivity contribution is 6.21. The van der Waals surface area contributed by atoms with Crippen molar-refractivity contribution in [3.8, 4) is 0 Å². The van der Waals surface area contributed by atoms with Crippen molar-refractivity contribution in [2.24, 2.45) is 0 Å². The van der Waals surface area contributed by atoms with Crippen LogP contribution in [0, 0.1) is 6.92 Å². The number of esters is 2. The van der Waals surface area contributed by atoms with Gasteiger partial charge in [-0.05, 0) is 6.92 Å². The van der Waals surface area contributed by atoms with E-state index in [1.807, 2.05) is 0 Å². The van der Waals surface area contributed by atoms with E-state index in [0.717, 1.165) is 6.08 Å². The number of hydrogen-bond acceptors (Lipinski definition) is 7. The molecule has 0 unspecified atom stereocenters. The summed E-state index contributed by atoms with van der Waals surface area (Å²) in [5.41, 5.74) is 5.91. The molecule has 0 aliphatic heterocycles. The first-order chi connectivity index (χ1) is 9.46. The molecule has 8 nitrogen and oxygen atoms in total. The van der Waals surface area contributed by atoms with E-state index in [-0.39, 0.29) is 30.2 Å². The topological polar surface area (TPSA) is 117 Å². The maximum absolute atomic E-state index is 11.7. The van der Waals surface area contributed by atoms with Crippen molar-refractivity contribution in [2.75, 3.05) is 26.6 Å². The molecular formula is C12H17N3O5. The van der Waals surface area contributed by atoms with Crippen LogP contribution in [0.5, 0.6) is 0 Å². The summed E-state index contributed by atoms with van der Waals surface area (Å²) in [4.78, 5) is 27.2. The Balaban J connectivity index is 3.35. The van der Waals surface area contributed by atoms with Crippen LogP contribution in [-0.2, 0) is 25.6 Å². The zero-order valence-corrected chi connectivity index (χ0v) is 11.5. The lowest BCUT2D eigenvalue weighted by Crippen LogP contribution is -2.11. The number of methoxy groups -OCH3 is 2. The number of aliphatic hydroxyl groups excluding tert-OH is 1. The zero-order valence-electron chi connectivity index (χ0n) is 11.5. The number of hydrogen-bond donors (Lipinski definition) is 2. The lowest BCUT2D eigenvalue weighted by molar-refractivity contribution is -0.136. The van der Waals surface area contributed by atoms with Crippen molar-refractivity contribution in [3.05, 3.63) is 17.6 Å². The largest absolute Gasteiger partial charge is 0.466 e. The molecule has 0 saturated carbocycles. The SMILES string of the molecule is COC(=O)/C=C(/C(=O)OC)c1nc(C)n(CCO)c1N. The average Bonchev–Trinajstić information content (AvgIpc) is 2.72. The first-order valence-corrected chi connectivity index (χ1v) is 5.78. The molecule has 1 aromatic rings. The normalized spacial score (nSPS) is 11.3. The molecule has 0 fully saturated rings. The molecule has 0 bridgehead atoms. The Morgan fingerprint density at radius 2 is 2.05 bits per heavy atom. The summed E-state index contributed by atoms with van der Waals surface area (Å²) in [7, 11) is 2.37. The molecule has 3 N–H and O–H groups in total. The van der Waals surface area contributed by atoms with Crippen LogP contribution in [0.3, 0.4) is 0 Å². The molecule has 0 saturated heterocycles. The van der Waals surface area contributed by atoms with Crippen LogP contribution in [0.1, 0.15) is 11.5 Å². The highest BCUT2D eigenvalue weighted by atomic mass is 16.5. The van der Waals surface area contributed by atoms with Gasteiger partial charge in [0.1, 0.15) is 17.3 Å². The molecule has 1 rings (SSSR count). The molecule has 1 heterocycles. The Kier molecular flexibility index (Phi) is 5.27. The number of nitrogen functional groups attached to an aromatic ring is 1. The first kappa shape index (κ1) is 15.7. The van der Waals surface area contributed by atoms with E-state index < -0.39 is 11.9 Å². The van der Waals surface area contributed by atoms with Gasteiger partial charge in [-0.15, -0.1) is 0 Å². The molecule has 20 heavy (non-hydrogen) atoms. The summed E-state index contributed by atoms with van der Waals surface area (Å²) in [6.07, 6.45) is 0.966. The van der Waals surface area contributed by atoms with Crippen LogP contribution in [0.2, 0.25) is 0 Å². The van der Waals surface area contributed by atoms with E-state index >= 15 is 0 Å². The van der Waals surface area contributed by atoms with Gasteiger partial charge in [-0.25, -0.2) is 14.6 Å². The van der Waals surface area contributed by atoms with E-state index in [2.05, 4.69) is 14.5 Å². The van der Waals surface area contributed by atoms with E-state index in [1.165, 1.54) is 18.8 Å². The van der Waals surface area contributed by atoms with Gasteiger partial charge < -0.3 is 24.9 Å². The Hall–Kier alpha value is -2.35. The van der Waals surface area contributed by atoms with Crippen molar-refractivity contribution < 1.29 is 24.2 Å². The van der Waals surface area contributed by atoms with Crippen LogP contribution in [0.15, 0.2) is 6.08 Å². The fraction of sp³-hybridized carbons (Fsp3) is 0.417. The third-order valence-electron chi connectivity index (χ3n) is 2.65. The number of carbonyl (C=O) groups excluding carboxylic acids is 2. The second kappa shape index (κ2) is 6.71. The van der Waals surface area contributed by atoms with Crippen molar-refractivity contribution in [1.82, 2.24) is 9.55 Å². The van der Waals surface area contributed by atoms with Crippen molar-refractivity contribution >= 4 is 23.3 Å². The number of rotatable bonds is 5. The Morgan fingerprint density at radius 1 is 1.40 bits per heavy atom. The first-order valence-electron chi connectivity index (χ1n) is 5.78. The number of nitrogens with two attached hydrogens (primary N) is 1. The minimum Gasteiger partial charge on any atom is -0.466 e. The highest BCUT2D eigenvalue weighted by Crippen LogP contribution is 2.23. The van der Waals surface area contributed by atoms with Crippen LogP contribution in [0.25, 0.3) is 5.57 Å². The fourth-order valence-electron chi connectivity index (χ4n) is 1.67. The molecule has 0 amide bonds. The predicted molar refractivity (Wildman–Crippen MR) is 70.5 cm³/mol. The molecule has 0 aromatic carbocycles. The number of aliphatic hydroxyl groups is 1. The van der Waals surface area contributed by atoms with Gasteiger partial charge in [-0.3, -0.25) is 0 Å². The maximum Gasteiger partial charge on any atom is 0.340 e. The summed E-state index contributed by atoms with van der Waals surface area (Å²) in [6, 6.07) is 0. The van der Waals surface area contributed by atoms with Crippen molar-refractivity contribution in [1.29, 1.82) is 0 Å². The van der Waals surface area contributed by atoms with Crippen LogP contribution in [-0.4, -0.2) is 47.4 Å². The van der Waals surface area contributed by atoms with Gasteiger partial charge in [-0.1, -0.05) is 0 Å². The average molecular weight is 283 g/mol. The van der Waals surface area contributed by atoms with Gasteiger partial charge in [0.25, 0.3) is 0 Å². The quantitative estimate of drug-likeness (QED) is 0.552. The number of carbonyl (C=O) groups is 2. The number of ether oxygens (including phenoxy) is 2. The molecule has 110 valence electrons. The molecule has 0 aliphatic carbocycles. The molecule has 1 aromatic heterocycles. The Morgan fingerprint density at radius 3 is 2.55 bits per heavy atom. The number of aryl methyl sites for hydroxylation is 1. The van der Waals surface area contributed by atoms with Gasteiger partial charge in [0, 0.05) is 12.6 Å². The molecule has 0 aliphatic rings. The van der Waals surface area contributed by atoms with Gasteiger partial charge in [0.15, 0.2) is 0 Å². The van der Waals surface area contributed by atoms with Crippen LogP contribution in [0.4, 0.5) is 5.82 Å². The summed E-state index contributed by atoms with van der Waals surface area (Å²) in [5, 5.41) is 8.97. The monoisotopic (exact) mass is 283 g/mol. The smallest absolute Gasteiger partial charge is 0.340 e. The van der Waals surface area contributed by atoms with E-state index in [0.29, 0.717) is 5.82 Å². The standard InChI is InChI=1S/C12H17N3O5/c1-7-14-10(11(13)15(7)4-5-16)8(12(18)20-3)6-9(17)19-2/h6,16H,4-5,13H2,1-3H3/b8-6+. The van der Waals surface area contributed by atoms with Gasteiger partial charge >= 0.3 is 11.9 Å². The lowest BCUT2D eigenvalue weighted by Gasteiger charge is -2.06. The molecule has 0 atom stereocenters. The predicted octanol–water partition coefficient (Wildman–Crippen LogP) is -0.505. The van der Waals surface area contributed by atoms with E-state index in [1.54, 1.807) is 6.92 Å². The number of imidazole rings is 1. The van der Waals surface area contributed by atoms with E-state index in [4.69, 9.17) is 10.8 Å². The zero-order chi connectivity index (χ0) is 15.3. The lowest BCUT2D eigenvalue weighted by atomic mass is 10.1. The van der Waals surface area contributed by atoms with Gasteiger partial charge in [0.05, 0.1) is 26.4 Å². The third-order valence-corrected chi connectivity index (χ3v) is 2.65. The van der Waals surface area contributed by atoms with Gasteiger partial charge in [-0.2, -0.15) is 0 Å². The van der Waals surface area contributed by atoms with Crippen molar-refractivity contribution in [2.45, 2.75) is 13.5 Å². The number of aromatic nitrogens is 2. The fourth-order valence-corrected chi connectivity index (χ4v) is 1.67. The summed E-state index contributed by atoms with van der Waals surface area (Å²) >= 11 is 0. The molecular weight excluding hydrogens is 266 g/mol. The van der Waals surface area contributed by atoms with E-state index in [9.17, 15) is 9.59 Å². The Labute approximate surface area is 115 Å². The molecule has 0 spiro atoms. The minimum atomic E-state index is -0.754.